The molecule has 0 amide bonds. The fraction of sp³-hybridized carbons (Fsp3) is 0.278. The molecule has 2 N–H and O–H groups in total. The third-order valence-electron chi connectivity index (χ3n) is 3.50. The minimum absolute atomic E-state index is 0.644. The summed E-state index contributed by atoms with van der Waals surface area (Å²) in [6, 6.07) is 10.4. The molecule has 4 nitrogen and oxygen atoms in total. The fourth-order valence-electron chi connectivity index (χ4n) is 2.43. The molecule has 2 aromatic heterocycles. The van der Waals surface area contributed by atoms with Gasteiger partial charge < -0.3 is 15.0 Å². The second-order valence-corrected chi connectivity index (χ2v) is 4.75. The average molecular weight is 297 g/mol. The van der Waals surface area contributed by atoms with Crippen molar-refractivity contribution in [3.8, 4) is 17.1 Å². The Labute approximate surface area is 131 Å². The average Bonchev–Trinajstić information content (AvgIpc) is 2.98. The summed E-state index contributed by atoms with van der Waals surface area (Å²) in [5.74, 6) is 0.644. The molecule has 0 atom stereocenters. The van der Waals surface area contributed by atoms with Crippen LogP contribution in [0.2, 0.25) is 0 Å². The van der Waals surface area contributed by atoms with Crippen LogP contribution in [0, 0.1) is 6.92 Å². The highest BCUT2D eigenvalue weighted by atomic mass is 16.5. The Morgan fingerprint density at radius 3 is 2.59 bits per heavy atom. The van der Waals surface area contributed by atoms with Gasteiger partial charge in [0, 0.05) is 29.8 Å². The molecule has 0 unspecified atom stereocenters. The van der Waals surface area contributed by atoms with Gasteiger partial charge in [-0.15, -0.1) is 0 Å². The van der Waals surface area contributed by atoms with Crippen molar-refractivity contribution >= 4 is 16.6 Å². The first-order valence-corrected chi connectivity index (χ1v) is 7.53. The Bertz CT molecular complexity index is 762. The van der Waals surface area contributed by atoms with Crippen molar-refractivity contribution in [2.45, 2.75) is 20.8 Å². The quantitative estimate of drug-likeness (QED) is 0.742. The van der Waals surface area contributed by atoms with Gasteiger partial charge in [-0.3, -0.25) is 0 Å². The Balaban J connectivity index is 0.000000847. The number of ether oxygens (including phenoxy) is 1. The number of H-pyrrole nitrogens is 1. The zero-order valence-corrected chi connectivity index (χ0v) is 13.8. The highest BCUT2D eigenvalue weighted by Crippen LogP contribution is 2.33. The van der Waals surface area contributed by atoms with Gasteiger partial charge in [0.05, 0.1) is 18.4 Å². The lowest BCUT2D eigenvalue weighted by Gasteiger charge is -2.08. The second-order valence-electron chi connectivity index (χ2n) is 4.75. The molecule has 0 aliphatic rings. The van der Waals surface area contributed by atoms with Gasteiger partial charge in [-0.2, -0.15) is 0 Å². The van der Waals surface area contributed by atoms with E-state index in [9.17, 15) is 0 Å². The van der Waals surface area contributed by atoms with E-state index in [0.29, 0.717) is 5.88 Å². The molecular weight excluding hydrogens is 274 g/mol. The third-order valence-corrected chi connectivity index (χ3v) is 3.50. The smallest absolute Gasteiger partial charge is 0.222 e. The van der Waals surface area contributed by atoms with Crippen LogP contribution in [-0.4, -0.2) is 24.1 Å². The number of pyridine rings is 1. The monoisotopic (exact) mass is 297 g/mol. The van der Waals surface area contributed by atoms with Gasteiger partial charge in [-0.1, -0.05) is 19.9 Å². The standard InChI is InChI=1S/C16H17N3O.C2H6/c1-10-6-7-18-16(20-3)15(10)14-8-11-4-5-12(17-2)9-13(11)19-14;1-2/h4-9,17,19H,1-3H3;1-2H3. The molecule has 3 rings (SSSR count). The number of anilines is 1. The molecule has 0 spiro atoms. The van der Waals surface area contributed by atoms with Crippen LogP contribution in [0.5, 0.6) is 5.88 Å². The lowest BCUT2D eigenvalue weighted by atomic mass is 10.1. The molecule has 0 saturated heterocycles. The summed E-state index contributed by atoms with van der Waals surface area (Å²) in [5, 5.41) is 4.32. The van der Waals surface area contributed by atoms with E-state index in [-0.39, 0.29) is 0 Å². The summed E-state index contributed by atoms with van der Waals surface area (Å²) in [6.07, 6.45) is 1.76. The van der Waals surface area contributed by atoms with Gasteiger partial charge in [-0.25, -0.2) is 4.98 Å². The van der Waals surface area contributed by atoms with E-state index in [1.54, 1.807) is 13.3 Å². The summed E-state index contributed by atoms with van der Waals surface area (Å²) >= 11 is 0. The van der Waals surface area contributed by atoms with E-state index in [1.165, 1.54) is 5.39 Å². The number of aryl methyl sites for hydroxylation is 1. The molecule has 1 aromatic carbocycles. The number of nitrogens with one attached hydrogen (secondary N) is 2. The molecule has 0 saturated carbocycles. The molecule has 22 heavy (non-hydrogen) atoms. The number of hydrogen-bond acceptors (Lipinski definition) is 3. The number of methoxy groups -OCH3 is 1. The maximum Gasteiger partial charge on any atom is 0.222 e. The highest BCUT2D eigenvalue weighted by Gasteiger charge is 2.12. The molecule has 0 bridgehead atoms. The van der Waals surface area contributed by atoms with Gasteiger partial charge in [-0.05, 0) is 36.8 Å². The molecule has 3 aromatic rings. The molecule has 2 heterocycles. The molecule has 0 radical (unpaired) electrons. The van der Waals surface area contributed by atoms with Crippen LogP contribution >= 0.6 is 0 Å². The van der Waals surface area contributed by atoms with E-state index < -0.39 is 0 Å². The SMILES string of the molecule is CC.CNc1ccc2cc(-c3c(C)ccnc3OC)[nH]c2c1. The molecule has 116 valence electrons. The topological polar surface area (TPSA) is 49.9 Å². The minimum atomic E-state index is 0.644. The van der Waals surface area contributed by atoms with Gasteiger partial charge in [0.1, 0.15) is 0 Å². The number of hydrogen-bond donors (Lipinski definition) is 2. The van der Waals surface area contributed by atoms with Crippen molar-refractivity contribution < 1.29 is 4.74 Å². The second kappa shape index (κ2) is 6.98. The van der Waals surface area contributed by atoms with Crippen LogP contribution < -0.4 is 10.1 Å². The van der Waals surface area contributed by atoms with Crippen molar-refractivity contribution in [1.82, 2.24) is 9.97 Å². The molecule has 0 aliphatic carbocycles. The van der Waals surface area contributed by atoms with Crippen molar-refractivity contribution in [2.75, 3.05) is 19.5 Å². The van der Waals surface area contributed by atoms with Crippen LogP contribution in [0.4, 0.5) is 5.69 Å². The summed E-state index contributed by atoms with van der Waals surface area (Å²) in [4.78, 5) is 7.73. The lowest BCUT2D eigenvalue weighted by Crippen LogP contribution is -1.93. The zero-order valence-electron chi connectivity index (χ0n) is 13.8. The Morgan fingerprint density at radius 1 is 1.14 bits per heavy atom. The number of benzene rings is 1. The maximum absolute atomic E-state index is 5.38. The fourth-order valence-corrected chi connectivity index (χ4v) is 2.43. The number of aromatic nitrogens is 2. The highest BCUT2D eigenvalue weighted by molar-refractivity contribution is 5.89. The van der Waals surface area contributed by atoms with Gasteiger partial charge in [0.15, 0.2) is 0 Å². The minimum Gasteiger partial charge on any atom is -0.480 e. The van der Waals surface area contributed by atoms with E-state index in [1.807, 2.05) is 27.0 Å². The maximum atomic E-state index is 5.38. The van der Waals surface area contributed by atoms with Crippen LogP contribution in [0.15, 0.2) is 36.5 Å². The van der Waals surface area contributed by atoms with Crippen LogP contribution in [0.3, 0.4) is 0 Å². The normalized spacial score (nSPS) is 10.0. The Hall–Kier alpha value is -2.49. The molecule has 0 aliphatic heterocycles. The van der Waals surface area contributed by atoms with E-state index in [2.05, 4.69) is 46.5 Å². The Morgan fingerprint density at radius 2 is 1.91 bits per heavy atom. The number of nitrogens with zero attached hydrogens (tertiary/aromatic N) is 1. The summed E-state index contributed by atoms with van der Waals surface area (Å²) in [6.45, 7) is 6.06. The van der Waals surface area contributed by atoms with E-state index >= 15 is 0 Å². The summed E-state index contributed by atoms with van der Waals surface area (Å²) in [7, 11) is 3.56. The van der Waals surface area contributed by atoms with E-state index in [0.717, 1.165) is 28.0 Å². The molecule has 0 fully saturated rings. The first-order valence-electron chi connectivity index (χ1n) is 7.53. The first kappa shape index (κ1) is 15.9. The Kier molecular flexibility index (Phi) is 5.04. The summed E-state index contributed by atoms with van der Waals surface area (Å²) in [5.41, 5.74) is 5.35. The largest absolute Gasteiger partial charge is 0.480 e. The van der Waals surface area contributed by atoms with Crippen LogP contribution in [0.25, 0.3) is 22.2 Å². The van der Waals surface area contributed by atoms with E-state index in [4.69, 9.17) is 4.74 Å². The predicted molar refractivity (Wildman–Crippen MR) is 93.7 cm³/mol. The van der Waals surface area contributed by atoms with Gasteiger partial charge in [0.2, 0.25) is 5.88 Å². The van der Waals surface area contributed by atoms with Gasteiger partial charge >= 0.3 is 0 Å². The first-order chi connectivity index (χ1) is 10.7. The summed E-state index contributed by atoms with van der Waals surface area (Å²) < 4.78 is 5.38. The van der Waals surface area contributed by atoms with Crippen LogP contribution in [0.1, 0.15) is 19.4 Å². The predicted octanol–water partition coefficient (Wildman–Crippen LogP) is 4.61. The number of fused-ring (bicyclic) bond motifs is 1. The lowest BCUT2D eigenvalue weighted by molar-refractivity contribution is 0.399. The third kappa shape index (κ3) is 2.91. The number of rotatable bonds is 3. The molecular formula is C18H23N3O. The zero-order chi connectivity index (χ0) is 16.1. The van der Waals surface area contributed by atoms with Crippen molar-refractivity contribution in [3.05, 3.63) is 42.1 Å². The van der Waals surface area contributed by atoms with Crippen molar-refractivity contribution in [1.29, 1.82) is 0 Å². The van der Waals surface area contributed by atoms with Crippen LogP contribution in [-0.2, 0) is 0 Å². The number of aromatic amines is 1. The van der Waals surface area contributed by atoms with Gasteiger partial charge in [0.25, 0.3) is 0 Å². The van der Waals surface area contributed by atoms with Crippen molar-refractivity contribution in [3.63, 3.8) is 0 Å². The van der Waals surface area contributed by atoms with Crippen molar-refractivity contribution in [2.24, 2.45) is 0 Å². The molecule has 4 heteroatoms.